The number of carbonyl (C=O) groups excluding carboxylic acids is 1. The van der Waals surface area contributed by atoms with Crippen LogP contribution in [0.3, 0.4) is 0 Å². The van der Waals surface area contributed by atoms with Crippen molar-refractivity contribution in [1.29, 1.82) is 0 Å². The molecule has 0 aliphatic rings. The third kappa shape index (κ3) is 5.85. The highest BCUT2D eigenvalue weighted by Crippen LogP contribution is 2.14. The quantitative estimate of drug-likeness (QED) is 0.798. The molecule has 5 nitrogen and oxygen atoms in total. The van der Waals surface area contributed by atoms with Gasteiger partial charge in [-0.2, -0.15) is 0 Å². The summed E-state index contributed by atoms with van der Waals surface area (Å²) in [6.45, 7) is 10.4. The summed E-state index contributed by atoms with van der Waals surface area (Å²) in [5, 5.41) is 2.94. The van der Waals surface area contributed by atoms with Gasteiger partial charge >= 0.3 is 0 Å². The van der Waals surface area contributed by atoms with E-state index in [0.29, 0.717) is 24.1 Å². The number of nitrogens with one attached hydrogen (secondary N) is 1. The molecular weight excluding hydrogens is 312 g/mol. The molecule has 0 bridgehead atoms. The zero-order valence-electron chi connectivity index (χ0n) is 15.6. The van der Waals surface area contributed by atoms with Crippen LogP contribution in [0, 0.1) is 12.8 Å². The maximum absolute atomic E-state index is 12.4. The summed E-state index contributed by atoms with van der Waals surface area (Å²) in [7, 11) is 0. The van der Waals surface area contributed by atoms with E-state index in [2.05, 4.69) is 53.1 Å². The third-order valence-corrected chi connectivity index (χ3v) is 3.96. The molecule has 1 aromatic carbocycles. The number of rotatable bonds is 8. The standard InChI is InChI=1S/C20H28N4O/c1-5-24(14-17-9-7-6-8-10-17)20-22-16(4)13-18(23-20)19(25)21-12-11-15(2)3/h6-10,13,15H,5,11-12,14H2,1-4H3,(H,21,25). The number of amides is 1. The lowest BCUT2D eigenvalue weighted by molar-refractivity contribution is 0.0947. The van der Waals surface area contributed by atoms with E-state index in [-0.39, 0.29) is 5.91 Å². The van der Waals surface area contributed by atoms with E-state index in [1.807, 2.05) is 25.1 Å². The fourth-order valence-corrected chi connectivity index (χ4v) is 2.50. The average Bonchev–Trinajstić information content (AvgIpc) is 2.59. The van der Waals surface area contributed by atoms with Gasteiger partial charge in [0.05, 0.1) is 0 Å². The zero-order chi connectivity index (χ0) is 18.2. The van der Waals surface area contributed by atoms with Crippen molar-refractivity contribution < 1.29 is 4.79 Å². The lowest BCUT2D eigenvalue weighted by Crippen LogP contribution is -2.29. The topological polar surface area (TPSA) is 58.1 Å². The number of carbonyl (C=O) groups is 1. The highest BCUT2D eigenvalue weighted by atomic mass is 16.1. The normalized spacial score (nSPS) is 10.8. The second-order valence-corrected chi connectivity index (χ2v) is 6.63. The van der Waals surface area contributed by atoms with Gasteiger partial charge in [-0.15, -0.1) is 0 Å². The van der Waals surface area contributed by atoms with Crippen LogP contribution in [0.25, 0.3) is 0 Å². The van der Waals surface area contributed by atoms with Crippen molar-refractivity contribution in [1.82, 2.24) is 15.3 Å². The molecule has 1 N–H and O–H groups in total. The van der Waals surface area contributed by atoms with E-state index in [0.717, 1.165) is 25.2 Å². The molecule has 0 aliphatic heterocycles. The van der Waals surface area contributed by atoms with Crippen LogP contribution in [0.15, 0.2) is 36.4 Å². The van der Waals surface area contributed by atoms with Gasteiger partial charge in [-0.25, -0.2) is 9.97 Å². The molecule has 134 valence electrons. The average molecular weight is 340 g/mol. The van der Waals surface area contributed by atoms with Gasteiger partial charge in [-0.3, -0.25) is 4.79 Å². The predicted molar refractivity (Wildman–Crippen MR) is 102 cm³/mol. The molecule has 0 radical (unpaired) electrons. The molecule has 0 saturated heterocycles. The fourth-order valence-electron chi connectivity index (χ4n) is 2.50. The van der Waals surface area contributed by atoms with E-state index >= 15 is 0 Å². The number of aryl methyl sites for hydroxylation is 1. The second kappa shape index (κ2) is 9.16. The van der Waals surface area contributed by atoms with Gasteiger partial charge in [-0.1, -0.05) is 44.2 Å². The molecule has 5 heteroatoms. The SMILES string of the molecule is CCN(Cc1ccccc1)c1nc(C)cc(C(=O)NCCC(C)C)n1. The smallest absolute Gasteiger partial charge is 0.270 e. The Morgan fingerprint density at radius 2 is 1.92 bits per heavy atom. The molecule has 0 unspecified atom stereocenters. The summed E-state index contributed by atoms with van der Waals surface area (Å²) in [5.41, 5.74) is 2.42. The molecule has 2 aromatic rings. The molecular formula is C20H28N4O. The van der Waals surface area contributed by atoms with Crippen LogP contribution in [-0.2, 0) is 6.54 Å². The highest BCUT2D eigenvalue weighted by molar-refractivity contribution is 5.92. The summed E-state index contributed by atoms with van der Waals surface area (Å²) in [6, 6.07) is 11.9. The van der Waals surface area contributed by atoms with Gasteiger partial charge in [0.25, 0.3) is 5.91 Å². The first-order chi connectivity index (χ1) is 12.0. The minimum absolute atomic E-state index is 0.136. The molecule has 0 saturated carbocycles. The molecule has 1 amide bonds. The summed E-state index contributed by atoms with van der Waals surface area (Å²) in [5.74, 6) is 1.02. The van der Waals surface area contributed by atoms with E-state index < -0.39 is 0 Å². The zero-order valence-corrected chi connectivity index (χ0v) is 15.6. The number of aromatic nitrogens is 2. The van der Waals surface area contributed by atoms with Gasteiger partial charge < -0.3 is 10.2 Å². The maximum atomic E-state index is 12.4. The molecule has 25 heavy (non-hydrogen) atoms. The van der Waals surface area contributed by atoms with E-state index in [1.54, 1.807) is 6.07 Å². The van der Waals surface area contributed by atoms with E-state index in [9.17, 15) is 4.79 Å². The summed E-state index contributed by atoms with van der Waals surface area (Å²) < 4.78 is 0. The Labute approximate surface area is 150 Å². The maximum Gasteiger partial charge on any atom is 0.270 e. The van der Waals surface area contributed by atoms with Crippen molar-refractivity contribution in [3.05, 3.63) is 53.3 Å². The number of hydrogen-bond donors (Lipinski definition) is 1. The molecule has 0 fully saturated rings. The van der Waals surface area contributed by atoms with Crippen molar-refractivity contribution in [2.24, 2.45) is 5.92 Å². The first-order valence-corrected chi connectivity index (χ1v) is 8.92. The van der Waals surface area contributed by atoms with Gasteiger partial charge in [-0.05, 0) is 37.8 Å². The molecule has 0 aliphatic carbocycles. The Morgan fingerprint density at radius 3 is 2.56 bits per heavy atom. The molecule has 0 atom stereocenters. The second-order valence-electron chi connectivity index (χ2n) is 6.63. The van der Waals surface area contributed by atoms with E-state index in [4.69, 9.17) is 0 Å². The van der Waals surface area contributed by atoms with Crippen LogP contribution in [-0.4, -0.2) is 29.0 Å². The van der Waals surface area contributed by atoms with Crippen molar-refractivity contribution in [2.45, 2.75) is 40.7 Å². The van der Waals surface area contributed by atoms with E-state index in [1.165, 1.54) is 5.56 Å². The lowest BCUT2D eigenvalue weighted by Gasteiger charge is -2.21. The van der Waals surface area contributed by atoms with Crippen LogP contribution < -0.4 is 10.2 Å². The van der Waals surface area contributed by atoms with Gasteiger partial charge in [0.2, 0.25) is 5.95 Å². The first-order valence-electron chi connectivity index (χ1n) is 8.92. The Bertz CT molecular complexity index is 685. The molecule has 1 aromatic heterocycles. The van der Waals surface area contributed by atoms with Gasteiger partial charge in [0, 0.05) is 25.3 Å². The fraction of sp³-hybridized carbons (Fsp3) is 0.450. The highest BCUT2D eigenvalue weighted by Gasteiger charge is 2.14. The van der Waals surface area contributed by atoms with Crippen molar-refractivity contribution in [2.75, 3.05) is 18.0 Å². The van der Waals surface area contributed by atoms with Crippen LogP contribution in [0.4, 0.5) is 5.95 Å². The predicted octanol–water partition coefficient (Wildman–Crippen LogP) is 3.59. The minimum Gasteiger partial charge on any atom is -0.351 e. The Balaban J connectivity index is 2.14. The Hall–Kier alpha value is -2.43. The van der Waals surface area contributed by atoms with Gasteiger partial charge in [0.15, 0.2) is 0 Å². The van der Waals surface area contributed by atoms with Crippen LogP contribution >= 0.6 is 0 Å². The monoisotopic (exact) mass is 340 g/mol. The van der Waals surface area contributed by atoms with Crippen LogP contribution in [0.2, 0.25) is 0 Å². The van der Waals surface area contributed by atoms with Crippen molar-refractivity contribution >= 4 is 11.9 Å². The molecule has 1 heterocycles. The number of benzene rings is 1. The third-order valence-electron chi connectivity index (χ3n) is 3.96. The summed E-state index contributed by atoms with van der Waals surface area (Å²) in [6.07, 6.45) is 0.956. The Kier molecular flexibility index (Phi) is 6.92. The Morgan fingerprint density at radius 1 is 1.20 bits per heavy atom. The number of anilines is 1. The summed E-state index contributed by atoms with van der Waals surface area (Å²) >= 11 is 0. The molecule has 2 rings (SSSR count). The first kappa shape index (κ1) is 18.9. The van der Waals surface area contributed by atoms with Crippen molar-refractivity contribution in [3.8, 4) is 0 Å². The van der Waals surface area contributed by atoms with Crippen LogP contribution in [0.5, 0.6) is 0 Å². The summed E-state index contributed by atoms with van der Waals surface area (Å²) in [4.78, 5) is 23.5. The molecule has 0 spiro atoms. The number of nitrogens with zero attached hydrogens (tertiary/aromatic N) is 3. The number of hydrogen-bond acceptors (Lipinski definition) is 4. The van der Waals surface area contributed by atoms with Crippen LogP contribution in [0.1, 0.15) is 48.9 Å². The largest absolute Gasteiger partial charge is 0.351 e. The van der Waals surface area contributed by atoms with Crippen molar-refractivity contribution in [3.63, 3.8) is 0 Å². The minimum atomic E-state index is -0.136. The van der Waals surface area contributed by atoms with Gasteiger partial charge in [0.1, 0.15) is 5.69 Å². The lowest BCUT2D eigenvalue weighted by atomic mass is 10.1.